The lowest BCUT2D eigenvalue weighted by Gasteiger charge is -2.36. The molecule has 2 aromatic heterocycles. The van der Waals surface area contributed by atoms with E-state index in [1.807, 2.05) is 54.6 Å². The van der Waals surface area contributed by atoms with Gasteiger partial charge in [-0.05, 0) is 24.3 Å². The van der Waals surface area contributed by atoms with Crippen molar-refractivity contribution in [2.75, 3.05) is 57.7 Å². The van der Waals surface area contributed by atoms with Gasteiger partial charge >= 0.3 is 0 Å². The summed E-state index contributed by atoms with van der Waals surface area (Å²) in [4.78, 5) is 18.5. The van der Waals surface area contributed by atoms with Gasteiger partial charge in [-0.2, -0.15) is 0 Å². The van der Waals surface area contributed by atoms with Crippen molar-refractivity contribution >= 4 is 28.1 Å². The van der Waals surface area contributed by atoms with E-state index in [2.05, 4.69) is 20.3 Å². The number of furan rings is 1. The number of rotatable bonds is 9. The van der Waals surface area contributed by atoms with Crippen molar-refractivity contribution in [1.82, 2.24) is 10.1 Å². The van der Waals surface area contributed by atoms with E-state index in [-0.39, 0.29) is 5.78 Å². The van der Waals surface area contributed by atoms with Crippen LogP contribution in [0.5, 0.6) is 17.2 Å². The lowest BCUT2D eigenvalue weighted by atomic mass is 9.86. The zero-order chi connectivity index (χ0) is 29.5. The highest BCUT2D eigenvalue weighted by Crippen LogP contribution is 2.46. The van der Waals surface area contributed by atoms with Crippen LogP contribution in [-0.4, -0.2) is 63.3 Å². The van der Waals surface area contributed by atoms with E-state index in [0.29, 0.717) is 52.7 Å². The molecule has 43 heavy (non-hydrogen) atoms. The summed E-state index contributed by atoms with van der Waals surface area (Å²) >= 11 is 0. The molecule has 5 aromatic rings. The minimum atomic E-state index is -0.0431. The molecule has 10 heteroatoms. The summed E-state index contributed by atoms with van der Waals surface area (Å²) in [6, 6.07) is 17.3. The highest BCUT2D eigenvalue weighted by atomic mass is 16.5. The summed E-state index contributed by atoms with van der Waals surface area (Å²) in [6.45, 7) is 4.34. The minimum absolute atomic E-state index is 0.0431. The molecule has 0 saturated carbocycles. The maximum Gasteiger partial charge on any atom is 0.203 e. The number of hydrogen-bond donors (Lipinski definition) is 1. The number of carbonyl (C=O) groups excluding carboxylic acids is 1. The van der Waals surface area contributed by atoms with Crippen LogP contribution in [0.1, 0.15) is 27.2 Å². The van der Waals surface area contributed by atoms with Gasteiger partial charge in [0.05, 0.1) is 50.8 Å². The van der Waals surface area contributed by atoms with Gasteiger partial charge in [0.25, 0.3) is 0 Å². The number of benzene rings is 3. The predicted octanol–water partition coefficient (Wildman–Crippen LogP) is 5.59. The number of ketones is 1. The number of anilines is 2. The third-order valence-corrected chi connectivity index (χ3v) is 8.30. The number of aromatic nitrogens is 1. The fraction of sp³-hybridized carbons (Fsp3) is 0.273. The van der Waals surface area contributed by atoms with Crippen molar-refractivity contribution in [2.24, 2.45) is 0 Å². The molecule has 1 aliphatic heterocycles. The largest absolute Gasteiger partial charge is 0.493 e. The van der Waals surface area contributed by atoms with E-state index in [1.165, 1.54) is 0 Å². The fourth-order valence-electron chi connectivity index (χ4n) is 6.19. The summed E-state index contributed by atoms with van der Waals surface area (Å²) < 4.78 is 28.3. The van der Waals surface area contributed by atoms with Crippen molar-refractivity contribution in [1.29, 1.82) is 0 Å². The van der Waals surface area contributed by atoms with Crippen molar-refractivity contribution in [3.8, 4) is 28.6 Å². The van der Waals surface area contributed by atoms with Crippen LogP contribution < -0.4 is 24.4 Å². The van der Waals surface area contributed by atoms with Crippen molar-refractivity contribution < 1.29 is 27.9 Å². The summed E-state index contributed by atoms with van der Waals surface area (Å²) in [7, 11) is 4.88. The Morgan fingerprint density at radius 1 is 0.907 bits per heavy atom. The number of hydrogen-bond acceptors (Lipinski definition) is 10. The van der Waals surface area contributed by atoms with Gasteiger partial charge in [-0.3, -0.25) is 9.69 Å². The summed E-state index contributed by atoms with van der Waals surface area (Å²) in [6.07, 6.45) is 1.65. The molecule has 1 saturated heterocycles. The van der Waals surface area contributed by atoms with Gasteiger partial charge in [0, 0.05) is 55.1 Å². The van der Waals surface area contributed by atoms with E-state index in [0.717, 1.165) is 59.8 Å². The highest BCUT2D eigenvalue weighted by molar-refractivity contribution is 6.28. The molecule has 1 N–H and O–H groups in total. The van der Waals surface area contributed by atoms with Gasteiger partial charge in [-0.15, -0.1) is 0 Å². The molecule has 0 atom stereocenters. The maximum absolute atomic E-state index is 13.8. The quantitative estimate of drug-likeness (QED) is 0.233. The number of nitrogens with zero attached hydrogens (tertiary/aromatic N) is 3. The fourth-order valence-corrected chi connectivity index (χ4v) is 6.19. The third-order valence-electron chi connectivity index (χ3n) is 8.30. The highest BCUT2D eigenvalue weighted by Gasteiger charge is 2.34. The number of ether oxygens (including phenoxy) is 3. The van der Waals surface area contributed by atoms with Crippen LogP contribution in [0.25, 0.3) is 22.2 Å². The summed E-state index contributed by atoms with van der Waals surface area (Å²) in [5.41, 5.74) is 5.37. The average Bonchev–Trinajstić information content (AvgIpc) is 3.74. The zero-order valence-electron chi connectivity index (χ0n) is 24.3. The minimum Gasteiger partial charge on any atom is -0.493 e. The zero-order valence-corrected chi connectivity index (χ0v) is 24.3. The first-order valence-electron chi connectivity index (χ1n) is 14.2. The Hall–Kier alpha value is -4.96. The lowest BCUT2D eigenvalue weighted by molar-refractivity contribution is 0.104. The standard InChI is InChI=1S/C33H32N4O6/c1-39-26-11-10-20(31(40-2)33(26)41-3)19-36-12-14-37(15-13-36)25-17-24(34-18-21-7-6-16-42-21)27-28-29(25)35-43-32(28)23-9-5-4-8-22(23)30(27)38/h4-11,16-17,34H,12-15,18-19H2,1-3H3. The first kappa shape index (κ1) is 26.9. The second kappa shape index (κ2) is 11.0. The van der Waals surface area contributed by atoms with Gasteiger partial charge < -0.3 is 33.4 Å². The Bertz CT molecular complexity index is 1800. The Morgan fingerprint density at radius 3 is 2.42 bits per heavy atom. The summed E-state index contributed by atoms with van der Waals surface area (Å²) in [5.74, 6) is 3.28. The van der Waals surface area contributed by atoms with E-state index in [1.54, 1.807) is 27.6 Å². The lowest BCUT2D eigenvalue weighted by Crippen LogP contribution is -2.46. The van der Waals surface area contributed by atoms with Gasteiger partial charge in [0.1, 0.15) is 11.3 Å². The number of nitrogens with one attached hydrogen (secondary N) is 1. The molecule has 0 bridgehead atoms. The molecule has 0 amide bonds. The molecule has 1 aliphatic carbocycles. The number of carbonyl (C=O) groups is 1. The van der Waals surface area contributed by atoms with Crippen LogP contribution in [0.4, 0.5) is 11.4 Å². The Kier molecular flexibility index (Phi) is 6.90. The Balaban J connectivity index is 1.20. The topological polar surface area (TPSA) is 102 Å². The van der Waals surface area contributed by atoms with Crippen LogP contribution in [0.15, 0.2) is 69.8 Å². The maximum atomic E-state index is 13.8. The molecule has 10 nitrogen and oxygen atoms in total. The molecular formula is C33H32N4O6. The van der Waals surface area contributed by atoms with Crippen LogP contribution in [0, 0.1) is 0 Å². The van der Waals surface area contributed by atoms with Crippen LogP contribution in [0.3, 0.4) is 0 Å². The molecule has 3 aromatic carbocycles. The van der Waals surface area contributed by atoms with Crippen LogP contribution >= 0.6 is 0 Å². The summed E-state index contributed by atoms with van der Waals surface area (Å²) in [5, 5.41) is 8.74. The van der Waals surface area contributed by atoms with Crippen molar-refractivity contribution in [2.45, 2.75) is 13.1 Å². The number of piperazine rings is 1. The van der Waals surface area contributed by atoms with Gasteiger partial charge in [0.15, 0.2) is 23.0 Å². The van der Waals surface area contributed by atoms with Gasteiger partial charge in [-0.1, -0.05) is 35.5 Å². The van der Waals surface area contributed by atoms with Gasteiger partial charge in [0.2, 0.25) is 5.75 Å². The van der Waals surface area contributed by atoms with Crippen molar-refractivity contribution in [3.63, 3.8) is 0 Å². The molecule has 0 unspecified atom stereocenters. The first-order valence-corrected chi connectivity index (χ1v) is 14.2. The smallest absolute Gasteiger partial charge is 0.203 e. The predicted molar refractivity (Wildman–Crippen MR) is 163 cm³/mol. The third kappa shape index (κ3) is 4.54. The van der Waals surface area contributed by atoms with Gasteiger partial charge in [-0.25, -0.2) is 0 Å². The monoisotopic (exact) mass is 580 g/mol. The van der Waals surface area contributed by atoms with E-state index < -0.39 is 0 Å². The van der Waals surface area contributed by atoms with E-state index >= 15 is 0 Å². The Morgan fingerprint density at radius 2 is 1.70 bits per heavy atom. The molecule has 0 radical (unpaired) electrons. The van der Waals surface area contributed by atoms with Crippen molar-refractivity contribution in [3.05, 3.63) is 83.3 Å². The number of fused-ring (bicyclic) bond motifs is 2. The molecule has 3 heterocycles. The van der Waals surface area contributed by atoms with E-state index in [9.17, 15) is 4.79 Å². The number of methoxy groups -OCH3 is 3. The SMILES string of the molecule is COc1ccc(CN2CCN(c3cc(NCc4ccco4)c4c5c(onc35)-c3ccccc3C4=O)CC2)c(OC)c1OC. The van der Waals surface area contributed by atoms with Crippen LogP contribution in [-0.2, 0) is 13.1 Å². The molecule has 7 rings (SSSR count). The molecule has 2 aliphatic rings. The second-order valence-corrected chi connectivity index (χ2v) is 10.6. The molecule has 1 fully saturated rings. The molecule has 0 spiro atoms. The normalized spacial score (nSPS) is 14.6. The molecular weight excluding hydrogens is 548 g/mol. The first-order chi connectivity index (χ1) is 21.1. The average molecular weight is 581 g/mol. The van der Waals surface area contributed by atoms with Crippen LogP contribution in [0.2, 0.25) is 0 Å². The molecule has 220 valence electrons. The van der Waals surface area contributed by atoms with E-state index in [4.69, 9.17) is 23.2 Å². The Labute approximate surface area is 248 Å². The second-order valence-electron chi connectivity index (χ2n) is 10.6.